The zero-order valence-corrected chi connectivity index (χ0v) is 35.7. The minimum absolute atomic E-state index is 0.0214. The van der Waals surface area contributed by atoms with Crippen LogP contribution in [0.5, 0.6) is 0 Å². The summed E-state index contributed by atoms with van der Waals surface area (Å²) in [4.78, 5) is 37.2. The fourth-order valence-electron chi connectivity index (χ4n) is 11.5. The second kappa shape index (κ2) is 18.2. The van der Waals surface area contributed by atoms with Crippen LogP contribution < -0.4 is 0 Å². The molecule has 5 fully saturated rings. The van der Waals surface area contributed by atoms with Crippen molar-refractivity contribution in [3.8, 4) is 11.1 Å². The van der Waals surface area contributed by atoms with Crippen LogP contribution in [-0.2, 0) is 4.79 Å². The van der Waals surface area contributed by atoms with Crippen molar-refractivity contribution in [2.45, 2.75) is 68.6 Å². The third-order valence-electron chi connectivity index (χ3n) is 15.3. The van der Waals surface area contributed by atoms with E-state index in [9.17, 15) is 9.59 Å². The van der Waals surface area contributed by atoms with Crippen LogP contribution in [0.2, 0.25) is 0 Å². The van der Waals surface area contributed by atoms with Gasteiger partial charge >= 0.3 is 0 Å². The Hall–Kier alpha value is -4.98. The van der Waals surface area contributed by atoms with Gasteiger partial charge in [0.1, 0.15) is 0 Å². The highest BCUT2D eigenvalue weighted by molar-refractivity contribution is 5.93. The Bertz CT molecular complexity index is 2200. The number of hydrogen-bond donors (Lipinski definition) is 0. The number of hydrogen-bond acceptors (Lipinski definition) is 5. The minimum Gasteiger partial charge on any atom is -0.459 e. The smallest absolute Gasteiger partial charge is 0.289 e. The molecule has 61 heavy (non-hydrogen) atoms. The Labute approximate surface area is 362 Å². The molecule has 0 radical (unpaired) electrons. The van der Waals surface area contributed by atoms with Gasteiger partial charge < -0.3 is 24.0 Å². The van der Waals surface area contributed by atoms with Crippen molar-refractivity contribution in [1.82, 2.24) is 19.6 Å². The molecule has 5 aromatic rings. The van der Waals surface area contributed by atoms with Gasteiger partial charge in [-0.15, -0.1) is 0 Å². The van der Waals surface area contributed by atoms with Crippen molar-refractivity contribution in [2.24, 2.45) is 17.8 Å². The molecule has 1 aliphatic carbocycles. The van der Waals surface area contributed by atoms with E-state index in [-0.39, 0.29) is 11.8 Å². The van der Waals surface area contributed by atoms with Crippen LogP contribution in [0.3, 0.4) is 0 Å². The predicted octanol–water partition coefficient (Wildman–Crippen LogP) is 9.90. The maximum Gasteiger partial charge on any atom is 0.289 e. The summed E-state index contributed by atoms with van der Waals surface area (Å²) in [5.41, 5.74) is 7.52. The van der Waals surface area contributed by atoms with Crippen LogP contribution in [0.15, 0.2) is 132 Å². The van der Waals surface area contributed by atoms with Gasteiger partial charge in [0.25, 0.3) is 5.91 Å². The van der Waals surface area contributed by atoms with Gasteiger partial charge in [-0.2, -0.15) is 0 Å². The van der Waals surface area contributed by atoms with Gasteiger partial charge in [0.05, 0.1) is 6.26 Å². The number of nitrogens with zero attached hydrogens (tertiary/aromatic N) is 4. The largest absolute Gasteiger partial charge is 0.459 e. The van der Waals surface area contributed by atoms with E-state index < -0.39 is 0 Å². The molecule has 5 aliphatic rings. The maximum atomic E-state index is 14.2. The first-order valence-electron chi connectivity index (χ1n) is 23.4. The van der Waals surface area contributed by atoms with E-state index in [0.717, 1.165) is 82.9 Å². The molecule has 0 unspecified atom stereocenters. The van der Waals surface area contributed by atoms with Gasteiger partial charge in [-0.25, -0.2) is 0 Å². The molecule has 316 valence electrons. The quantitative estimate of drug-likeness (QED) is 0.133. The van der Waals surface area contributed by atoms with E-state index in [1.807, 2.05) is 11.0 Å². The first kappa shape index (κ1) is 40.1. The van der Waals surface area contributed by atoms with Crippen molar-refractivity contribution in [2.75, 3.05) is 65.4 Å². The number of benzene rings is 4. The lowest BCUT2D eigenvalue weighted by Crippen LogP contribution is -2.40. The molecule has 10 rings (SSSR count). The number of piperidine rings is 2. The first-order chi connectivity index (χ1) is 30.0. The number of carbonyl (C=O) groups excluding carboxylic acids is 2. The molecule has 1 aromatic heterocycles. The molecular weight excluding hydrogens is 753 g/mol. The lowest BCUT2D eigenvalue weighted by Gasteiger charge is -2.35. The Morgan fingerprint density at radius 1 is 0.508 bits per heavy atom. The highest BCUT2D eigenvalue weighted by Gasteiger charge is 2.41. The number of carbonyl (C=O) groups is 2. The normalized spacial score (nSPS) is 24.6. The van der Waals surface area contributed by atoms with E-state index in [0.29, 0.717) is 53.7 Å². The van der Waals surface area contributed by atoms with Gasteiger partial charge in [-0.3, -0.25) is 9.59 Å². The molecule has 4 saturated heterocycles. The molecular formula is C54H62N4O3. The summed E-state index contributed by atoms with van der Waals surface area (Å²) in [6.07, 6.45) is 9.76. The Morgan fingerprint density at radius 2 is 0.984 bits per heavy atom. The van der Waals surface area contributed by atoms with Crippen LogP contribution in [0.1, 0.15) is 101 Å². The van der Waals surface area contributed by atoms with Gasteiger partial charge in [0.15, 0.2) is 5.76 Å². The Morgan fingerprint density at radius 3 is 1.49 bits per heavy atom. The number of amides is 2. The molecule has 4 atom stereocenters. The molecule has 5 heterocycles. The summed E-state index contributed by atoms with van der Waals surface area (Å²) in [5.74, 6) is 3.62. The first-order valence-corrected chi connectivity index (χ1v) is 23.4. The van der Waals surface area contributed by atoms with Gasteiger partial charge in [0, 0.05) is 62.6 Å². The fourth-order valence-corrected chi connectivity index (χ4v) is 11.5. The topological polar surface area (TPSA) is 60.2 Å². The molecule has 0 bridgehead atoms. The van der Waals surface area contributed by atoms with E-state index in [1.165, 1.54) is 54.4 Å². The van der Waals surface area contributed by atoms with E-state index in [1.54, 1.807) is 6.26 Å². The summed E-state index contributed by atoms with van der Waals surface area (Å²) in [5, 5.41) is 0. The second-order valence-electron chi connectivity index (χ2n) is 19.0. The van der Waals surface area contributed by atoms with Crippen molar-refractivity contribution in [3.05, 3.63) is 156 Å². The molecule has 4 aromatic carbocycles. The summed E-state index contributed by atoms with van der Waals surface area (Å²) in [6, 6.07) is 43.6. The van der Waals surface area contributed by atoms with Crippen molar-refractivity contribution in [1.29, 1.82) is 0 Å². The second-order valence-corrected chi connectivity index (χ2v) is 19.0. The average molecular weight is 815 g/mol. The Balaban J connectivity index is 0.794. The summed E-state index contributed by atoms with van der Waals surface area (Å²) < 4.78 is 6.07. The van der Waals surface area contributed by atoms with Gasteiger partial charge in [-0.05, 0) is 122 Å². The van der Waals surface area contributed by atoms with Crippen LogP contribution in [0, 0.1) is 17.8 Å². The average Bonchev–Trinajstić information content (AvgIpc) is 4.07. The van der Waals surface area contributed by atoms with Crippen LogP contribution in [0.4, 0.5) is 0 Å². The zero-order valence-electron chi connectivity index (χ0n) is 35.7. The van der Waals surface area contributed by atoms with E-state index in [2.05, 4.69) is 130 Å². The molecule has 7 heteroatoms. The third-order valence-corrected chi connectivity index (χ3v) is 15.3. The molecule has 2 amide bonds. The highest BCUT2D eigenvalue weighted by atomic mass is 16.3. The molecule has 7 nitrogen and oxygen atoms in total. The molecule has 0 N–H and O–H groups in total. The predicted molar refractivity (Wildman–Crippen MR) is 243 cm³/mol. The van der Waals surface area contributed by atoms with Crippen molar-refractivity contribution >= 4 is 11.8 Å². The molecule has 1 saturated carbocycles. The fraction of sp³-hybridized carbons (Fsp3) is 0.444. The van der Waals surface area contributed by atoms with Crippen LogP contribution in [-0.4, -0.2) is 96.9 Å². The number of rotatable bonds is 11. The summed E-state index contributed by atoms with van der Waals surface area (Å²) in [6.45, 7) is 9.53. The third kappa shape index (κ3) is 8.87. The summed E-state index contributed by atoms with van der Waals surface area (Å²) in [7, 11) is 0. The van der Waals surface area contributed by atoms with E-state index >= 15 is 0 Å². The highest BCUT2D eigenvalue weighted by Crippen LogP contribution is 2.40. The van der Waals surface area contributed by atoms with Crippen molar-refractivity contribution in [3.63, 3.8) is 0 Å². The van der Waals surface area contributed by atoms with Crippen LogP contribution >= 0.6 is 0 Å². The molecule has 0 spiro atoms. The standard InChI is InChI=1S/C54H62N4O3/c59-53(46-17-10-18-46)57-34-48(32-55-27-23-42(24-28-55)39-11-4-1-5-12-39)51(36-57)45-21-19-41(20-22-45)47-31-52(61-38-47)54(60)58-35-49(50(37-58)44-15-8-3-9-16-44)33-56-29-25-43(26-30-56)40-13-6-2-7-14-40/h1-9,11-16,19-22,31,38,42-43,46,48-51H,10,17-18,23-30,32-37H2/t48-,49-,50+,51+/m0/s1. The number of likely N-dealkylation sites (tertiary alicyclic amines) is 4. The van der Waals surface area contributed by atoms with Gasteiger partial charge in [0.2, 0.25) is 5.91 Å². The van der Waals surface area contributed by atoms with Crippen molar-refractivity contribution < 1.29 is 14.0 Å². The van der Waals surface area contributed by atoms with Gasteiger partial charge in [-0.1, -0.05) is 122 Å². The lowest BCUT2D eigenvalue weighted by atomic mass is 9.84. The SMILES string of the molecule is O=C(c1cc(-c2ccc([C@H]3CN(C(=O)C4CCC4)C[C@@H]3CN3CCC(c4ccccc4)CC3)cc2)co1)N1C[C@H](CN2CCC(c3ccccc3)CC2)[C@@H](c2ccccc2)C1. The lowest BCUT2D eigenvalue weighted by molar-refractivity contribution is -0.137. The number of furan rings is 1. The molecule has 4 aliphatic heterocycles. The summed E-state index contributed by atoms with van der Waals surface area (Å²) >= 11 is 0. The maximum absolute atomic E-state index is 14.2. The monoisotopic (exact) mass is 814 g/mol. The van der Waals surface area contributed by atoms with E-state index in [4.69, 9.17) is 4.42 Å². The Kier molecular flexibility index (Phi) is 11.9. The van der Waals surface area contributed by atoms with Crippen LogP contribution in [0.25, 0.3) is 11.1 Å². The zero-order chi connectivity index (χ0) is 41.1. The minimum atomic E-state index is -0.0214.